The fraction of sp³-hybridized carbons (Fsp3) is 0.556. The Hall–Kier alpha value is -2.16. The molecular formula is C27H39NO2. The summed E-state index contributed by atoms with van der Waals surface area (Å²) in [5, 5.41) is 9.66. The maximum Gasteiger partial charge on any atom is 0.335 e. The molecule has 1 N–H and O–H groups in total. The number of benzene rings is 1. The minimum absolute atomic E-state index is 0.232. The van der Waals surface area contributed by atoms with E-state index >= 15 is 0 Å². The number of pyridine rings is 1. The molecule has 0 amide bonds. The van der Waals surface area contributed by atoms with Crippen molar-refractivity contribution in [3.8, 4) is 11.3 Å². The minimum Gasteiger partial charge on any atom is -0.478 e. The molecule has 0 saturated heterocycles. The highest BCUT2D eigenvalue weighted by Crippen LogP contribution is 2.30. The zero-order valence-corrected chi connectivity index (χ0v) is 19.1. The van der Waals surface area contributed by atoms with E-state index in [1.165, 1.54) is 56.9 Å². The molecule has 0 radical (unpaired) electrons. The van der Waals surface area contributed by atoms with Gasteiger partial charge in [0.1, 0.15) is 0 Å². The van der Waals surface area contributed by atoms with Crippen LogP contribution in [0.25, 0.3) is 11.3 Å². The Labute approximate surface area is 183 Å². The van der Waals surface area contributed by atoms with Crippen molar-refractivity contribution >= 4 is 5.97 Å². The second-order valence-electron chi connectivity index (χ2n) is 8.57. The summed E-state index contributed by atoms with van der Waals surface area (Å²) in [7, 11) is 0. The summed E-state index contributed by atoms with van der Waals surface area (Å²) < 4.78 is 0. The Kier molecular flexibility index (Phi) is 10.6. The number of nitrogens with zero attached hydrogens (tertiary/aromatic N) is 1. The fourth-order valence-corrected chi connectivity index (χ4v) is 4.03. The predicted molar refractivity (Wildman–Crippen MR) is 126 cm³/mol. The molecule has 30 heavy (non-hydrogen) atoms. The van der Waals surface area contributed by atoms with E-state index in [1.807, 2.05) is 18.3 Å². The lowest BCUT2D eigenvalue weighted by atomic mass is 9.89. The number of hydrogen-bond acceptors (Lipinski definition) is 2. The largest absolute Gasteiger partial charge is 0.478 e. The molecule has 0 aliphatic heterocycles. The Morgan fingerprint density at radius 3 is 2.27 bits per heavy atom. The first kappa shape index (κ1) is 24.1. The summed E-state index contributed by atoms with van der Waals surface area (Å²) in [5.74, 6) is -0.611. The van der Waals surface area contributed by atoms with Crippen molar-refractivity contribution in [1.29, 1.82) is 0 Å². The van der Waals surface area contributed by atoms with Crippen LogP contribution in [0.5, 0.6) is 0 Å². The predicted octanol–water partition coefficient (Wildman–Crippen LogP) is 8.03. The Balaban J connectivity index is 2.09. The van der Waals surface area contributed by atoms with Crippen molar-refractivity contribution in [2.75, 3.05) is 0 Å². The lowest BCUT2D eigenvalue weighted by Gasteiger charge is -2.16. The summed E-state index contributed by atoms with van der Waals surface area (Å²) in [6.45, 7) is 6.60. The third kappa shape index (κ3) is 7.59. The molecular weight excluding hydrogens is 370 g/mol. The van der Waals surface area contributed by atoms with Gasteiger partial charge in [0, 0.05) is 11.8 Å². The third-order valence-corrected chi connectivity index (χ3v) is 5.99. The van der Waals surface area contributed by atoms with Crippen LogP contribution in [0.2, 0.25) is 0 Å². The number of carboxylic acid groups (broad SMARTS) is 1. The number of aromatic carboxylic acids is 1. The van der Waals surface area contributed by atoms with Crippen molar-refractivity contribution in [3.63, 3.8) is 0 Å². The molecule has 1 aromatic heterocycles. The number of unbranched alkanes of at least 4 members (excludes halogenated alkanes) is 7. The molecule has 3 heteroatoms. The molecule has 1 atom stereocenters. The number of carboxylic acids is 1. The highest BCUT2D eigenvalue weighted by Gasteiger charge is 2.17. The van der Waals surface area contributed by atoms with E-state index < -0.39 is 5.97 Å². The van der Waals surface area contributed by atoms with Crippen molar-refractivity contribution in [2.45, 2.75) is 97.3 Å². The summed E-state index contributed by atoms with van der Waals surface area (Å²) in [5.41, 5.74) is 4.55. The quantitative estimate of drug-likeness (QED) is 0.321. The molecule has 1 aromatic carbocycles. The van der Waals surface area contributed by atoms with E-state index in [2.05, 4.69) is 37.9 Å². The van der Waals surface area contributed by atoms with E-state index in [0.717, 1.165) is 36.1 Å². The molecule has 0 fully saturated rings. The summed E-state index contributed by atoms with van der Waals surface area (Å²) >= 11 is 0. The van der Waals surface area contributed by atoms with E-state index in [1.54, 1.807) is 6.07 Å². The van der Waals surface area contributed by atoms with Gasteiger partial charge >= 0.3 is 5.97 Å². The average Bonchev–Trinajstić information content (AvgIpc) is 2.76. The van der Waals surface area contributed by atoms with E-state index in [-0.39, 0.29) is 5.92 Å². The molecule has 1 heterocycles. The van der Waals surface area contributed by atoms with Crippen LogP contribution in [0, 0.1) is 0 Å². The van der Waals surface area contributed by atoms with Crippen LogP contribution < -0.4 is 0 Å². The summed E-state index contributed by atoms with van der Waals surface area (Å²) in [6.07, 6.45) is 15.3. The Morgan fingerprint density at radius 2 is 1.63 bits per heavy atom. The first-order chi connectivity index (χ1) is 14.6. The molecule has 0 bridgehead atoms. The second-order valence-corrected chi connectivity index (χ2v) is 8.57. The highest BCUT2D eigenvalue weighted by molar-refractivity contribution is 5.90. The zero-order chi connectivity index (χ0) is 21.8. The molecule has 0 saturated carbocycles. The van der Waals surface area contributed by atoms with Crippen LogP contribution in [-0.2, 0) is 6.42 Å². The molecule has 0 aliphatic carbocycles. The Bertz CT molecular complexity index is 767. The van der Waals surface area contributed by atoms with Crippen LogP contribution in [0.3, 0.4) is 0 Å². The monoisotopic (exact) mass is 409 g/mol. The standard InChI is InChI=1S/C27H39NO2/c1-4-6-8-10-11-13-21(3)25-19-23(16-17-24(25)27(29)30)26-18-15-22(20-28-26)14-12-9-7-5-2/h15-21H,4-14H2,1-3H3,(H,29,30)/t21-/m0/s1. The van der Waals surface area contributed by atoms with Gasteiger partial charge in [-0.15, -0.1) is 0 Å². The van der Waals surface area contributed by atoms with Crippen LogP contribution in [0.4, 0.5) is 0 Å². The lowest BCUT2D eigenvalue weighted by Crippen LogP contribution is -2.06. The molecule has 164 valence electrons. The zero-order valence-electron chi connectivity index (χ0n) is 19.1. The van der Waals surface area contributed by atoms with Gasteiger partial charge in [-0.1, -0.05) is 84.3 Å². The van der Waals surface area contributed by atoms with Crippen LogP contribution >= 0.6 is 0 Å². The van der Waals surface area contributed by atoms with Crippen molar-refractivity contribution in [1.82, 2.24) is 4.98 Å². The Morgan fingerprint density at radius 1 is 0.933 bits per heavy atom. The number of aryl methyl sites for hydroxylation is 1. The lowest BCUT2D eigenvalue weighted by molar-refractivity contribution is 0.0695. The number of aromatic nitrogens is 1. The first-order valence-corrected chi connectivity index (χ1v) is 11.9. The van der Waals surface area contributed by atoms with Gasteiger partial charge in [-0.3, -0.25) is 4.98 Å². The van der Waals surface area contributed by atoms with E-state index in [0.29, 0.717) is 5.56 Å². The maximum absolute atomic E-state index is 11.8. The molecule has 0 spiro atoms. The first-order valence-electron chi connectivity index (χ1n) is 11.9. The third-order valence-electron chi connectivity index (χ3n) is 5.99. The minimum atomic E-state index is -0.843. The van der Waals surface area contributed by atoms with Crippen LogP contribution in [0.15, 0.2) is 36.5 Å². The molecule has 0 unspecified atom stereocenters. The number of rotatable bonds is 14. The maximum atomic E-state index is 11.8. The smallest absolute Gasteiger partial charge is 0.335 e. The van der Waals surface area contributed by atoms with Gasteiger partial charge in [0.15, 0.2) is 0 Å². The highest BCUT2D eigenvalue weighted by atomic mass is 16.4. The van der Waals surface area contributed by atoms with Gasteiger partial charge in [0.2, 0.25) is 0 Å². The van der Waals surface area contributed by atoms with Crippen molar-refractivity contribution in [3.05, 3.63) is 53.2 Å². The van der Waals surface area contributed by atoms with Crippen LogP contribution in [0.1, 0.15) is 112 Å². The van der Waals surface area contributed by atoms with Gasteiger partial charge in [-0.05, 0) is 54.5 Å². The van der Waals surface area contributed by atoms with E-state index in [4.69, 9.17) is 0 Å². The topological polar surface area (TPSA) is 50.2 Å². The molecule has 3 nitrogen and oxygen atoms in total. The van der Waals surface area contributed by atoms with E-state index in [9.17, 15) is 9.90 Å². The molecule has 2 aromatic rings. The van der Waals surface area contributed by atoms with Gasteiger partial charge < -0.3 is 5.11 Å². The molecule has 0 aliphatic rings. The van der Waals surface area contributed by atoms with Gasteiger partial charge in [0.05, 0.1) is 11.3 Å². The summed E-state index contributed by atoms with van der Waals surface area (Å²) in [4.78, 5) is 16.4. The normalized spacial score (nSPS) is 12.1. The van der Waals surface area contributed by atoms with Gasteiger partial charge in [0.25, 0.3) is 0 Å². The van der Waals surface area contributed by atoms with Crippen molar-refractivity contribution in [2.24, 2.45) is 0 Å². The SMILES string of the molecule is CCCCCCC[C@H](C)c1cc(-c2ccc(CCCCCC)cn2)ccc1C(=O)O. The van der Waals surface area contributed by atoms with Gasteiger partial charge in [-0.2, -0.15) is 0 Å². The van der Waals surface area contributed by atoms with Crippen LogP contribution in [-0.4, -0.2) is 16.1 Å². The number of hydrogen-bond donors (Lipinski definition) is 1. The van der Waals surface area contributed by atoms with Crippen molar-refractivity contribution < 1.29 is 9.90 Å². The molecule has 2 rings (SSSR count). The number of carbonyl (C=O) groups is 1. The summed E-state index contributed by atoms with van der Waals surface area (Å²) in [6, 6.07) is 9.93. The van der Waals surface area contributed by atoms with Gasteiger partial charge in [-0.25, -0.2) is 4.79 Å². The fourth-order valence-electron chi connectivity index (χ4n) is 4.03. The second kappa shape index (κ2) is 13.2. The average molecular weight is 410 g/mol.